The van der Waals surface area contributed by atoms with Crippen molar-refractivity contribution in [1.82, 2.24) is 60.1 Å². The lowest BCUT2D eigenvalue weighted by molar-refractivity contribution is -0.140. The Kier molecular flexibility index (Phi) is 30.6. The molecule has 3 atom stereocenters. The molecule has 4 fully saturated rings. The maximum atomic E-state index is 14.0. The third kappa shape index (κ3) is 26.1. The first-order valence-corrected chi connectivity index (χ1v) is 34.5. The van der Waals surface area contributed by atoms with Gasteiger partial charge in [-0.15, -0.1) is 11.8 Å². The first kappa shape index (κ1) is 76.4. The van der Waals surface area contributed by atoms with E-state index in [-0.39, 0.29) is 151 Å². The number of hydrogen-bond donors (Lipinski definition) is 6. The van der Waals surface area contributed by atoms with Crippen molar-refractivity contribution in [2.75, 3.05) is 151 Å². The van der Waals surface area contributed by atoms with Gasteiger partial charge in [0.1, 0.15) is 11.8 Å². The van der Waals surface area contributed by atoms with Crippen LogP contribution in [0.3, 0.4) is 0 Å². The molecule has 4 aliphatic heterocycles. The largest absolute Gasteiger partial charge is 0.494 e. The number of fused-ring (bicyclic) bond motifs is 1. The van der Waals surface area contributed by atoms with E-state index in [1.165, 1.54) is 40.1 Å². The van der Waals surface area contributed by atoms with Crippen LogP contribution in [0, 0.1) is 18.3 Å². The summed E-state index contributed by atoms with van der Waals surface area (Å²) in [5, 5.41) is 46.2. The smallest absolute Gasteiger partial charge is 0.317 e. The topological polar surface area (TPSA) is 339 Å². The van der Waals surface area contributed by atoms with Gasteiger partial charge in [0.05, 0.1) is 68.3 Å². The molecular formula is C67H93F2N13O14S. The van der Waals surface area contributed by atoms with E-state index < -0.39 is 66.4 Å². The number of carbonyl (C=O) groups excluding carboxylic acids is 7. The molecule has 0 saturated carbocycles. The number of likely N-dealkylation sites (tertiary alicyclic amines) is 2. The van der Waals surface area contributed by atoms with Crippen LogP contribution >= 0.6 is 11.8 Å². The van der Waals surface area contributed by atoms with Crippen LogP contribution in [0.2, 0.25) is 0 Å². The van der Waals surface area contributed by atoms with E-state index in [1.807, 2.05) is 11.8 Å². The SMILES string of the molecule is Cc1ccc(CCCC(=O)NCCCCCC(CNC(=O)CN2CCN(CC(=O)O)CCN(CC(=O)O)CCN(CC(=O)O)CC2)SC2CC(=O)N(CCCC(=O)N3CCN(CCCCOc4ccc5nccc(C(=O)NCC(=O)N6CC(F)(F)C[C@@H]6C#N)c5c4)CC3)C2=O)cc1. The predicted molar refractivity (Wildman–Crippen MR) is 356 cm³/mol. The molecule has 4 aliphatic rings. The summed E-state index contributed by atoms with van der Waals surface area (Å²) in [6.45, 7) is 5.71. The zero-order valence-corrected chi connectivity index (χ0v) is 56.2. The predicted octanol–water partition coefficient (Wildman–Crippen LogP) is 2.64. The molecule has 97 heavy (non-hydrogen) atoms. The normalized spacial score (nSPS) is 19.0. The fourth-order valence-electron chi connectivity index (χ4n) is 12.3. The second kappa shape index (κ2) is 38.9. The molecule has 4 saturated heterocycles. The maximum Gasteiger partial charge on any atom is 0.317 e. The third-order valence-corrected chi connectivity index (χ3v) is 19.2. The van der Waals surface area contributed by atoms with Gasteiger partial charge in [0, 0.05) is 141 Å². The van der Waals surface area contributed by atoms with Crippen molar-refractivity contribution in [2.45, 2.75) is 113 Å². The van der Waals surface area contributed by atoms with E-state index in [2.05, 4.69) is 50.1 Å². The van der Waals surface area contributed by atoms with Crippen molar-refractivity contribution in [3.63, 3.8) is 0 Å². The number of nitrogens with zero attached hydrogens (tertiary/aromatic N) is 10. The molecule has 6 N–H and O–H groups in total. The monoisotopic (exact) mass is 1370 g/mol. The number of nitriles is 1. The number of rotatable bonds is 35. The lowest BCUT2D eigenvalue weighted by Crippen LogP contribution is -2.50. The Morgan fingerprint density at radius 2 is 1.32 bits per heavy atom. The lowest BCUT2D eigenvalue weighted by atomic mass is 10.1. The van der Waals surface area contributed by atoms with Gasteiger partial charge in [-0.05, 0) is 88.2 Å². The number of thioether (sulfide) groups is 1. The van der Waals surface area contributed by atoms with Gasteiger partial charge in [-0.3, -0.25) is 82.3 Å². The van der Waals surface area contributed by atoms with Gasteiger partial charge < -0.3 is 45.8 Å². The number of pyridine rings is 1. The van der Waals surface area contributed by atoms with E-state index in [4.69, 9.17) is 4.74 Å². The zero-order valence-electron chi connectivity index (χ0n) is 55.4. The van der Waals surface area contributed by atoms with Gasteiger partial charge in [0.25, 0.3) is 11.8 Å². The van der Waals surface area contributed by atoms with Gasteiger partial charge in [-0.1, -0.05) is 42.7 Å². The molecule has 30 heteroatoms. The molecule has 0 bridgehead atoms. The van der Waals surface area contributed by atoms with Gasteiger partial charge in [-0.25, -0.2) is 8.78 Å². The second-order valence-corrected chi connectivity index (χ2v) is 26.8. The summed E-state index contributed by atoms with van der Waals surface area (Å²) >= 11 is 1.33. The number of piperazine rings is 1. The number of unbranched alkanes of at least 4 members (excludes halogenated alkanes) is 3. The quantitative estimate of drug-likeness (QED) is 0.0364. The van der Waals surface area contributed by atoms with Crippen LogP contribution in [0.25, 0.3) is 10.9 Å². The number of carboxylic acids is 3. The summed E-state index contributed by atoms with van der Waals surface area (Å²) in [7, 11) is 0. The number of halogens is 2. The first-order chi connectivity index (χ1) is 46.5. The maximum absolute atomic E-state index is 14.0. The van der Waals surface area contributed by atoms with Crippen LogP contribution in [0.15, 0.2) is 54.7 Å². The molecule has 0 spiro atoms. The van der Waals surface area contributed by atoms with Crippen LogP contribution in [-0.4, -0.2) is 292 Å². The van der Waals surface area contributed by atoms with Crippen molar-refractivity contribution >= 4 is 81.9 Å². The highest BCUT2D eigenvalue weighted by Gasteiger charge is 2.47. The number of ether oxygens (including phenoxy) is 1. The van der Waals surface area contributed by atoms with Crippen molar-refractivity contribution in [3.05, 3.63) is 71.4 Å². The van der Waals surface area contributed by atoms with Crippen LogP contribution in [-0.2, 0) is 49.6 Å². The fourth-order valence-corrected chi connectivity index (χ4v) is 13.7. The number of nitrogens with one attached hydrogen (secondary N) is 3. The summed E-state index contributed by atoms with van der Waals surface area (Å²) in [4.78, 5) is 146. The van der Waals surface area contributed by atoms with Crippen LogP contribution in [0.4, 0.5) is 8.78 Å². The molecule has 0 radical (unpaired) electrons. The van der Waals surface area contributed by atoms with Gasteiger partial charge in [0.2, 0.25) is 35.4 Å². The van der Waals surface area contributed by atoms with Crippen LogP contribution in [0.1, 0.15) is 98.5 Å². The first-order valence-electron chi connectivity index (χ1n) is 33.5. The average Bonchev–Trinajstić information content (AvgIpc) is 1.77. The van der Waals surface area contributed by atoms with E-state index in [0.717, 1.165) is 37.1 Å². The highest BCUT2D eigenvalue weighted by molar-refractivity contribution is 8.01. The molecule has 530 valence electrons. The van der Waals surface area contributed by atoms with Crippen LogP contribution < -0.4 is 20.7 Å². The molecule has 27 nitrogen and oxygen atoms in total. The number of aromatic nitrogens is 1. The number of alkyl halides is 2. The number of aliphatic carboxylic acids is 3. The van der Waals surface area contributed by atoms with Gasteiger partial charge in [0.15, 0.2) is 0 Å². The van der Waals surface area contributed by atoms with E-state index >= 15 is 0 Å². The standard InChI is InChI=1S/C67H93F2N13O14S/c1-48-13-15-49(16-14-48)9-7-11-57(83)72-20-4-2-3-10-52(41-73-58(84)43-76-24-26-77(44-62(88)89)28-30-79(46-64(92)93)31-29-78(27-25-76)45-63(90)91)97-56-38-60(86)81(66(56)95)23-8-12-59(85)80-34-32-75(33-35-80)22-5-6-36-96-51-17-18-55-54(37-51)53(19-21-71-55)65(94)74-42-61(87)82-47-67(68,69)39-50(82)40-70/h13-19,21,37,50,52,56H,2-12,20,22-36,38-39,41-47H2,1H3,(H,72,83)(H,73,84)(H,74,94)(H,88,89)(H,90,91)(H,92,93)/t50-,52?,56?/m1/s1. The van der Waals surface area contributed by atoms with E-state index in [1.54, 1.807) is 43.9 Å². The van der Waals surface area contributed by atoms with E-state index in [0.29, 0.717) is 88.1 Å². The molecule has 2 aromatic carbocycles. The number of amides is 7. The Labute approximate surface area is 568 Å². The number of imide groups is 1. The van der Waals surface area contributed by atoms with E-state index in [9.17, 15) is 77.3 Å². The molecule has 0 aliphatic carbocycles. The number of aryl methyl sites for hydroxylation is 2. The molecule has 7 amide bonds. The fraction of sp³-hybridized carbons (Fsp3) is 0.612. The molecule has 3 aromatic rings. The van der Waals surface area contributed by atoms with Crippen molar-refractivity contribution in [3.8, 4) is 11.8 Å². The number of benzene rings is 2. The summed E-state index contributed by atoms with van der Waals surface area (Å²) in [6, 6.07) is 15.3. The molecule has 7 rings (SSSR count). The van der Waals surface area contributed by atoms with Gasteiger partial charge in [-0.2, -0.15) is 5.26 Å². The lowest BCUT2D eigenvalue weighted by Gasteiger charge is -2.35. The minimum Gasteiger partial charge on any atom is -0.494 e. The minimum atomic E-state index is -3.18. The van der Waals surface area contributed by atoms with Crippen molar-refractivity contribution in [2.24, 2.45) is 0 Å². The Bertz CT molecular complexity index is 3200. The Balaban J connectivity index is 0.842. The molecular weight excluding hydrogens is 1280 g/mol. The molecule has 5 heterocycles. The Morgan fingerprint density at radius 1 is 0.691 bits per heavy atom. The highest BCUT2D eigenvalue weighted by atomic mass is 32.2. The number of carbonyl (C=O) groups is 10. The Morgan fingerprint density at radius 3 is 1.95 bits per heavy atom. The van der Waals surface area contributed by atoms with Crippen molar-refractivity contribution < 1.29 is 76.8 Å². The molecule has 2 unspecified atom stereocenters. The Hall–Kier alpha value is -7.95. The number of hydrogen-bond acceptors (Lipinski definition) is 19. The zero-order chi connectivity index (χ0) is 69.9. The summed E-state index contributed by atoms with van der Waals surface area (Å²) in [6.07, 6.45) is 7.28. The summed E-state index contributed by atoms with van der Waals surface area (Å²) < 4.78 is 33.9. The van der Waals surface area contributed by atoms with Crippen molar-refractivity contribution in [1.29, 1.82) is 5.26 Å². The molecule has 1 aromatic heterocycles. The summed E-state index contributed by atoms with van der Waals surface area (Å²) in [5.41, 5.74) is 3.07. The second-order valence-electron chi connectivity index (χ2n) is 25.3. The summed E-state index contributed by atoms with van der Waals surface area (Å²) in [5.74, 6) is -8.41. The minimum absolute atomic E-state index is 0.0187. The third-order valence-electron chi connectivity index (χ3n) is 17.7. The highest BCUT2D eigenvalue weighted by Crippen LogP contribution is 2.33. The number of carboxylic acid groups (broad SMARTS) is 3. The van der Waals surface area contributed by atoms with Gasteiger partial charge >= 0.3 is 17.9 Å². The average molecular weight is 1370 g/mol. The van der Waals surface area contributed by atoms with Crippen LogP contribution in [0.5, 0.6) is 5.75 Å².